The molecular weight excluding hydrogens is 424 g/mol. The number of aromatic nitrogens is 1. The Balaban J connectivity index is 1.62. The van der Waals surface area contributed by atoms with E-state index < -0.39 is 0 Å². The molecule has 1 aromatic heterocycles. The first-order valence-electron chi connectivity index (χ1n) is 11.7. The van der Waals surface area contributed by atoms with Crippen LogP contribution in [0.15, 0.2) is 18.2 Å². The van der Waals surface area contributed by atoms with Gasteiger partial charge < -0.3 is 9.80 Å². The molecule has 1 saturated heterocycles. The topological polar surface area (TPSA) is 56.8 Å². The molecule has 4 rings (SSSR count). The molecule has 1 aromatic carbocycles. The summed E-state index contributed by atoms with van der Waals surface area (Å²) in [7, 11) is 3.53. The maximum absolute atomic E-state index is 13.6. The molecule has 1 aliphatic carbocycles. The molecule has 0 N–H and O–H groups in total. The van der Waals surface area contributed by atoms with Crippen molar-refractivity contribution >= 4 is 34.3 Å². The number of rotatable bonds is 5. The van der Waals surface area contributed by atoms with E-state index in [-0.39, 0.29) is 17.9 Å². The Hall–Kier alpha value is -2.18. The molecule has 1 fully saturated rings. The third-order valence-electron chi connectivity index (χ3n) is 6.72. The minimum atomic E-state index is -0.131. The van der Waals surface area contributed by atoms with Gasteiger partial charge in [0.15, 0.2) is 0 Å². The highest BCUT2D eigenvalue weighted by molar-refractivity contribution is 6.36. The summed E-state index contributed by atoms with van der Waals surface area (Å²) in [6.45, 7) is 5.32. The lowest BCUT2D eigenvalue weighted by Crippen LogP contribution is -2.56. The first-order valence-corrected chi connectivity index (χ1v) is 12.1. The van der Waals surface area contributed by atoms with Crippen molar-refractivity contribution in [1.82, 2.24) is 19.7 Å². The summed E-state index contributed by atoms with van der Waals surface area (Å²) >= 11 is 6.71. The van der Waals surface area contributed by atoms with Crippen LogP contribution in [0.2, 0.25) is 5.02 Å². The van der Waals surface area contributed by atoms with E-state index in [0.717, 1.165) is 73.4 Å². The van der Waals surface area contributed by atoms with Gasteiger partial charge >= 0.3 is 0 Å². The second-order valence-corrected chi connectivity index (χ2v) is 9.61. The fourth-order valence-corrected chi connectivity index (χ4v) is 5.29. The molecule has 7 heteroatoms. The molecule has 1 aliphatic heterocycles. The van der Waals surface area contributed by atoms with E-state index in [0.29, 0.717) is 18.5 Å². The number of hydrogen-bond donors (Lipinski definition) is 0. The van der Waals surface area contributed by atoms with Gasteiger partial charge in [-0.05, 0) is 56.3 Å². The molecule has 1 unspecified atom stereocenters. The zero-order valence-corrected chi connectivity index (χ0v) is 20.1. The Labute approximate surface area is 195 Å². The van der Waals surface area contributed by atoms with Crippen molar-refractivity contribution < 1.29 is 9.59 Å². The van der Waals surface area contributed by atoms with E-state index in [1.54, 1.807) is 19.0 Å². The highest BCUT2D eigenvalue weighted by atomic mass is 35.5. The van der Waals surface area contributed by atoms with Crippen molar-refractivity contribution in [2.75, 3.05) is 40.3 Å². The van der Waals surface area contributed by atoms with Crippen LogP contribution in [0.3, 0.4) is 0 Å². The number of nitrogens with zero attached hydrogens (tertiary/aromatic N) is 4. The van der Waals surface area contributed by atoms with Crippen LogP contribution in [-0.2, 0) is 17.6 Å². The molecule has 2 aromatic rings. The summed E-state index contributed by atoms with van der Waals surface area (Å²) in [4.78, 5) is 36.7. The van der Waals surface area contributed by atoms with Crippen LogP contribution in [0.4, 0.5) is 0 Å². The minimum absolute atomic E-state index is 0.0322. The smallest absolute Gasteiger partial charge is 0.254 e. The van der Waals surface area contributed by atoms with Gasteiger partial charge in [-0.15, -0.1) is 0 Å². The normalized spacial score (nSPS) is 19.1. The van der Waals surface area contributed by atoms with Crippen LogP contribution in [0.25, 0.3) is 10.9 Å². The van der Waals surface area contributed by atoms with Crippen molar-refractivity contribution in [2.45, 2.75) is 51.5 Å². The van der Waals surface area contributed by atoms with Crippen LogP contribution in [0.5, 0.6) is 0 Å². The number of piperazine rings is 1. The molecule has 1 atom stereocenters. The lowest BCUT2D eigenvalue weighted by molar-refractivity contribution is -0.130. The van der Waals surface area contributed by atoms with Crippen molar-refractivity contribution in [1.29, 1.82) is 0 Å². The zero-order valence-electron chi connectivity index (χ0n) is 19.4. The number of carbonyl (C=O) groups is 2. The van der Waals surface area contributed by atoms with Gasteiger partial charge in [0.1, 0.15) is 0 Å². The Kier molecular flexibility index (Phi) is 7.01. The summed E-state index contributed by atoms with van der Waals surface area (Å²) in [5.41, 5.74) is 3.63. The predicted molar refractivity (Wildman–Crippen MR) is 128 cm³/mol. The van der Waals surface area contributed by atoms with Crippen molar-refractivity contribution in [2.24, 2.45) is 0 Å². The van der Waals surface area contributed by atoms with Crippen LogP contribution < -0.4 is 0 Å². The second kappa shape index (κ2) is 9.75. The summed E-state index contributed by atoms with van der Waals surface area (Å²) in [5.74, 6) is 0.0139. The van der Waals surface area contributed by atoms with Crippen molar-refractivity contribution in [3.63, 3.8) is 0 Å². The predicted octanol–water partition coefficient (Wildman–Crippen LogP) is 3.78. The van der Waals surface area contributed by atoms with E-state index in [4.69, 9.17) is 16.6 Å². The lowest BCUT2D eigenvalue weighted by atomic mass is 9.94. The first-order chi connectivity index (χ1) is 15.4. The number of benzene rings is 1. The van der Waals surface area contributed by atoms with Crippen molar-refractivity contribution in [3.8, 4) is 0 Å². The maximum Gasteiger partial charge on any atom is 0.254 e. The van der Waals surface area contributed by atoms with Gasteiger partial charge in [0.05, 0.1) is 16.6 Å². The van der Waals surface area contributed by atoms with E-state index in [1.807, 2.05) is 23.1 Å². The fourth-order valence-electron chi connectivity index (χ4n) is 4.93. The largest absolute Gasteiger partial charge is 0.349 e. The van der Waals surface area contributed by atoms with Gasteiger partial charge in [0, 0.05) is 56.8 Å². The second-order valence-electron chi connectivity index (χ2n) is 9.24. The molecule has 2 amide bonds. The third kappa shape index (κ3) is 4.62. The Morgan fingerprint density at radius 2 is 1.97 bits per heavy atom. The highest BCUT2D eigenvalue weighted by Gasteiger charge is 2.33. The van der Waals surface area contributed by atoms with E-state index in [1.165, 1.54) is 5.56 Å². The monoisotopic (exact) mass is 456 g/mol. The van der Waals surface area contributed by atoms with Gasteiger partial charge in [-0.3, -0.25) is 19.5 Å². The number of carbonyl (C=O) groups excluding carboxylic acids is 2. The zero-order chi connectivity index (χ0) is 22.8. The number of fused-ring (bicyclic) bond motifs is 2. The molecule has 0 saturated carbocycles. The Morgan fingerprint density at radius 1 is 1.19 bits per heavy atom. The molecule has 0 spiro atoms. The van der Waals surface area contributed by atoms with Gasteiger partial charge in [-0.2, -0.15) is 0 Å². The number of hydrogen-bond acceptors (Lipinski definition) is 4. The average Bonchev–Trinajstić information content (AvgIpc) is 2.79. The highest BCUT2D eigenvalue weighted by Crippen LogP contribution is 2.33. The van der Waals surface area contributed by atoms with E-state index in [9.17, 15) is 9.59 Å². The molecule has 6 nitrogen and oxygen atoms in total. The molecule has 172 valence electrons. The SMILES string of the molecule is CCCN1CCN(C(=O)c2ccc3c(Cl)c4c(nc3c2)CCCC4)C(CC(=O)N(C)C)C1. The molecular formula is C25H33ClN4O2. The third-order valence-corrected chi connectivity index (χ3v) is 7.15. The minimum Gasteiger partial charge on any atom is -0.349 e. The molecule has 0 radical (unpaired) electrons. The quantitative estimate of drug-likeness (QED) is 0.687. The molecule has 0 bridgehead atoms. The van der Waals surface area contributed by atoms with Crippen molar-refractivity contribution in [3.05, 3.63) is 40.0 Å². The molecule has 2 heterocycles. The first kappa shape index (κ1) is 23.0. The Morgan fingerprint density at radius 3 is 2.72 bits per heavy atom. The average molecular weight is 457 g/mol. The molecule has 32 heavy (non-hydrogen) atoms. The van der Waals surface area contributed by atoms with Gasteiger partial charge in [0.2, 0.25) is 5.91 Å². The van der Waals surface area contributed by atoms with Gasteiger partial charge in [-0.25, -0.2) is 0 Å². The summed E-state index contributed by atoms with van der Waals surface area (Å²) < 4.78 is 0. The number of amides is 2. The summed E-state index contributed by atoms with van der Waals surface area (Å²) in [6.07, 6.45) is 5.59. The maximum atomic E-state index is 13.6. The lowest BCUT2D eigenvalue weighted by Gasteiger charge is -2.41. The number of halogens is 1. The van der Waals surface area contributed by atoms with E-state index >= 15 is 0 Å². The standard InChI is InChI=1S/C25H33ClN4O2/c1-4-11-29-12-13-30(18(16-29)15-23(31)28(2)3)25(32)17-9-10-20-22(14-17)27-21-8-6-5-7-19(21)24(20)26/h9-10,14,18H,4-8,11-13,15-16H2,1-3H3. The number of aryl methyl sites for hydroxylation is 1. The van der Waals surface area contributed by atoms with E-state index in [2.05, 4.69) is 11.8 Å². The number of pyridine rings is 1. The molecule has 2 aliphatic rings. The van der Waals surface area contributed by atoms with Gasteiger partial charge in [-0.1, -0.05) is 24.6 Å². The fraction of sp³-hybridized carbons (Fsp3) is 0.560. The Bertz CT molecular complexity index is 1020. The van der Waals surface area contributed by atoms with Crippen LogP contribution in [-0.4, -0.2) is 77.8 Å². The van der Waals surface area contributed by atoms with Crippen LogP contribution in [0.1, 0.15) is 54.2 Å². The van der Waals surface area contributed by atoms with Gasteiger partial charge in [0.25, 0.3) is 5.91 Å². The summed E-state index contributed by atoms with van der Waals surface area (Å²) in [5, 5.41) is 1.70. The van der Waals surface area contributed by atoms with Crippen LogP contribution >= 0.6 is 11.6 Å². The summed E-state index contributed by atoms with van der Waals surface area (Å²) in [6, 6.07) is 5.53. The van der Waals surface area contributed by atoms with Crippen LogP contribution in [0, 0.1) is 0 Å².